The van der Waals surface area contributed by atoms with Gasteiger partial charge in [-0.05, 0) is 42.3 Å². The molecule has 0 aliphatic carbocycles. The summed E-state index contributed by atoms with van der Waals surface area (Å²) in [6.45, 7) is 5.12. The first-order chi connectivity index (χ1) is 10.2. The predicted octanol–water partition coefficient (Wildman–Crippen LogP) is 3.71. The molecule has 1 N–H and O–H groups in total. The summed E-state index contributed by atoms with van der Waals surface area (Å²) >= 11 is 0. The molecule has 112 valence electrons. The number of ether oxygens (including phenoxy) is 2. The van der Waals surface area contributed by atoms with Crippen molar-refractivity contribution in [1.82, 2.24) is 5.32 Å². The van der Waals surface area contributed by atoms with Crippen molar-refractivity contribution in [1.29, 1.82) is 0 Å². The van der Waals surface area contributed by atoms with Gasteiger partial charge < -0.3 is 14.8 Å². The molecule has 0 aromatic heterocycles. The molecule has 0 saturated carbocycles. The fourth-order valence-corrected chi connectivity index (χ4v) is 2.56. The zero-order valence-electron chi connectivity index (χ0n) is 13.1. The minimum Gasteiger partial charge on any atom is -0.493 e. The molecule has 0 spiro atoms. The first-order valence-electron chi connectivity index (χ1n) is 7.22. The second-order valence-corrected chi connectivity index (χ2v) is 4.97. The molecule has 0 fully saturated rings. The molecule has 0 bridgehead atoms. The largest absolute Gasteiger partial charge is 0.493 e. The molecule has 3 heteroatoms. The van der Waals surface area contributed by atoms with Crippen LogP contribution < -0.4 is 14.8 Å². The molecular weight excluding hydrogens is 262 g/mol. The van der Waals surface area contributed by atoms with Crippen molar-refractivity contribution in [2.45, 2.75) is 19.9 Å². The number of hydrogen-bond donors (Lipinski definition) is 1. The average molecular weight is 285 g/mol. The Bertz CT molecular complexity index is 581. The highest BCUT2D eigenvalue weighted by atomic mass is 16.5. The van der Waals surface area contributed by atoms with Crippen LogP contribution in [0.15, 0.2) is 42.5 Å². The maximum atomic E-state index is 5.44. The zero-order valence-corrected chi connectivity index (χ0v) is 13.1. The maximum absolute atomic E-state index is 5.44. The van der Waals surface area contributed by atoms with Gasteiger partial charge in [-0.2, -0.15) is 0 Å². The highest BCUT2D eigenvalue weighted by molar-refractivity contribution is 5.50. The topological polar surface area (TPSA) is 30.5 Å². The summed E-state index contributed by atoms with van der Waals surface area (Å²) < 4.78 is 10.8. The minimum absolute atomic E-state index is 0.149. The van der Waals surface area contributed by atoms with Gasteiger partial charge in [0.15, 0.2) is 11.5 Å². The SMILES string of the molecule is CCNC(c1ccccc1)c1cc(OC)c(OC)cc1C. The van der Waals surface area contributed by atoms with Crippen molar-refractivity contribution < 1.29 is 9.47 Å². The van der Waals surface area contributed by atoms with Crippen LogP contribution in [0.4, 0.5) is 0 Å². The smallest absolute Gasteiger partial charge is 0.161 e. The van der Waals surface area contributed by atoms with E-state index in [0.717, 1.165) is 18.0 Å². The van der Waals surface area contributed by atoms with Gasteiger partial charge in [-0.25, -0.2) is 0 Å². The number of aryl methyl sites for hydroxylation is 1. The predicted molar refractivity (Wildman–Crippen MR) is 86.2 cm³/mol. The lowest BCUT2D eigenvalue weighted by molar-refractivity contribution is 0.354. The monoisotopic (exact) mass is 285 g/mol. The van der Waals surface area contributed by atoms with E-state index in [1.807, 2.05) is 12.1 Å². The Morgan fingerprint density at radius 3 is 2.19 bits per heavy atom. The van der Waals surface area contributed by atoms with Crippen LogP contribution in [0.5, 0.6) is 11.5 Å². The van der Waals surface area contributed by atoms with Gasteiger partial charge in [0.2, 0.25) is 0 Å². The normalized spacial score (nSPS) is 12.0. The highest BCUT2D eigenvalue weighted by Crippen LogP contribution is 2.34. The van der Waals surface area contributed by atoms with Crippen molar-refractivity contribution in [3.05, 3.63) is 59.2 Å². The van der Waals surface area contributed by atoms with Gasteiger partial charge >= 0.3 is 0 Å². The summed E-state index contributed by atoms with van der Waals surface area (Å²) in [4.78, 5) is 0. The molecule has 0 saturated heterocycles. The van der Waals surface area contributed by atoms with Gasteiger partial charge in [-0.15, -0.1) is 0 Å². The van der Waals surface area contributed by atoms with Crippen molar-refractivity contribution in [2.24, 2.45) is 0 Å². The van der Waals surface area contributed by atoms with Crippen LogP contribution >= 0.6 is 0 Å². The third-order valence-electron chi connectivity index (χ3n) is 3.62. The Morgan fingerprint density at radius 2 is 1.62 bits per heavy atom. The van der Waals surface area contributed by atoms with Crippen molar-refractivity contribution in [3.8, 4) is 11.5 Å². The Labute approximate surface area is 126 Å². The Kier molecular flexibility index (Phi) is 5.23. The molecule has 0 radical (unpaired) electrons. The highest BCUT2D eigenvalue weighted by Gasteiger charge is 2.18. The number of nitrogens with one attached hydrogen (secondary N) is 1. The van der Waals surface area contributed by atoms with Gasteiger partial charge in [-0.1, -0.05) is 37.3 Å². The maximum Gasteiger partial charge on any atom is 0.161 e. The second-order valence-electron chi connectivity index (χ2n) is 4.97. The van der Waals surface area contributed by atoms with Crippen molar-refractivity contribution >= 4 is 0 Å². The molecule has 0 heterocycles. The number of methoxy groups -OCH3 is 2. The summed E-state index contributed by atoms with van der Waals surface area (Å²) in [6, 6.07) is 14.7. The van der Waals surface area contributed by atoms with Gasteiger partial charge in [0.05, 0.1) is 20.3 Å². The molecular formula is C18H23NO2. The van der Waals surface area contributed by atoms with E-state index in [2.05, 4.69) is 49.5 Å². The van der Waals surface area contributed by atoms with E-state index in [1.54, 1.807) is 14.2 Å². The van der Waals surface area contributed by atoms with E-state index in [9.17, 15) is 0 Å². The van der Waals surface area contributed by atoms with Crippen LogP contribution in [-0.2, 0) is 0 Å². The van der Waals surface area contributed by atoms with E-state index >= 15 is 0 Å². The Balaban J connectivity index is 2.50. The summed E-state index contributed by atoms with van der Waals surface area (Å²) in [6.07, 6.45) is 0. The average Bonchev–Trinajstić information content (AvgIpc) is 2.53. The molecule has 1 atom stereocenters. The fourth-order valence-electron chi connectivity index (χ4n) is 2.56. The molecule has 2 rings (SSSR count). The summed E-state index contributed by atoms with van der Waals surface area (Å²) in [5, 5.41) is 3.55. The van der Waals surface area contributed by atoms with E-state index in [4.69, 9.17) is 9.47 Å². The lowest BCUT2D eigenvalue weighted by Crippen LogP contribution is -2.22. The summed E-state index contributed by atoms with van der Waals surface area (Å²) in [5.41, 5.74) is 3.64. The standard InChI is InChI=1S/C18H23NO2/c1-5-19-18(14-9-7-6-8-10-14)15-12-17(21-4)16(20-3)11-13(15)2/h6-12,18-19H,5H2,1-4H3. The first kappa shape index (κ1) is 15.4. The third kappa shape index (κ3) is 3.37. The molecule has 3 nitrogen and oxygen atoms in total. The number of rotatable bonds is 6. The van der Waals surface area contributed by atoms with Gasteiger partial charge in [0, 0.05) is 0 Å². The van der Waals surface area contributed by atoms with E-state index in [1.165, 1.54) is 16.7 Å². The molecule has 2 aromatic rings. The number of hydrogen-bond acceptors (Lipinski definition) is 3. The van der Waals surface area contributed by atoms with Crippen LogP contribution in [0.25, 0.3) is 0 Å². The zero-order chi connectivity index (χ0) is 15.2. The molecule has 0 aliphatic heterocycles. The van der Waals surface area contributed by atoms with Crippen LogP contribution in [-0.4, -0.2) is 20.8 Å². The van der Waals surface area contributed by atoms with Gasteiger partial charge in [0.1, 0.15) is 0 Å². The molecule has 1 unspecified atom stereocenters. The van der Waals surface area contributed by atoms with Gasteiger partial charge in [0.25, 0.3) is 0 Å². The Morgan fingerprint density at radius 1 is 1.00 bits per heavy atom. The third-order valence-corrected chi connectivity index (χ3v) is 3.62. The van der Waals surface area contributed by atoms with E-state index < -0.39 is 0 Å². The van der Waals surface area contributed by atoms with Crippen LogP contribution in [0.2, 0.25) is 0 Å². The van der Waals surface area contributed by atoms with Crippen molar-refractivity contribution in [3.63, 3.8) is 0 Å². The number of benzene rings is 2. The Hall–Kier alpha value is -2.00. The first-order valence-corrected chi connectivity index (χ1v) is 7.22. The molecule has 0 aliphatic rings. The van der Waals surface area contributed by atoms with Crippen LogP contribution in [0.1, 0.15) is 29.7 Å². The van der Waals surface area contributed by atoms with E-state index in [-0.39, 0.29) is 6.04 Å². The quantitative estimate of drug-likeness (QED) is 0.877. The summed E-state index contributed by atoms with van der Waals surface area (Å²) in [7, 11) is 3.33. The van der Waals surface area contributed by atoms with Gasteiger partial charge in [-0.3, -0.25) is 0 Å². The minimum atomic E-state index is 0.149. The van der Waals surface area contributed by atoms with E-state index in [0.29, 0.717) is 0 Å². The van der Waals surface area contributed by atoms with Crippen LogP contribution in [0.3, 0.4) is 0 Å². The lowest BCUT2D eigenvalue weighted by Gasteiger charge is -2.22. The van der Waals surface area contributed by atoms with Crippen molar-refractivity contribution in [2.75, 3.05) is 20.8 Å². The molecule has 2 aromatic carbocycles. The lowest BCUT2D eigenvalue weighted by atomic mass is 9.94. The second kappa shape index (κ2) is 7.14. The van der Waals surface area contributed by atoms with Crippen LogP contribution in [0, 0.1) is 6.92 Å². The molecule has 21 heavy (non-hydrogen) atoms. The molecule has 0 amide bonds. The fraction of sp³-hybridized carbons (Fsp3) is 0.333. The summed E-state index contributed by atoms with van der Waals surface area (Å²) in [5.74, 6) is 1.53.